The first-order chi connectivity index (χ1) is 9.61. The molecule has 6 heteroatoms. The fourth-order valence-corrected chi connectivity index (χ4v) is 1.78. The first kappa shape index (κ1) is 14.2. The van der Waals surface area contributed by atoms with Crippen LogP contribution in [-0.4, -0.2) is 18.6 Å². The molecule has 0 aliphatic carbocycles. The number of pyridine rings is 1. The fraction of sp³-hybridized carbons (Fsp3) is 0.214. The number of halogens is 3. The minimum absolute atomic E-state index is 0.0419. The molecule has 0 saturated carbocycles. The molecule has 2 rings (SSSR count). The molecule has 0 aliphatic rings. The SMILES string of the molecule is CNc1nc(NCCc2ccccc2F)c(F)cc1F. The Bertz CT molecular complexity index is 602. The van der Waals surface area contributed by atoms with E-state index < -0.39 is 11.6 Å². The average molecular weight is 281 g/mol. The average Bonchev–Trinajstić information content (AvgIpc) is 2.43. The van der Waals surface area contributed by atoms with E-state index in [4.69, 9.17) is 0 Å². The third kappa shape index (κ3) is 3.20. The number of aromatic nitrogens is 1. The molecule has 0 saturated heterocycles. The zero-order chi connectivity index (χ0) is 14.5. The Hall–Kier alpha value is -2.24. The highest BCUT2D eigenvalue weighted by molar-refractivity contribution is 5.47. The standard InChI is InChI=1S/C14H14F3N3/c1-18-13-11(16)8-12(17)14(20-13)19-7-6-9-4-2-3-5-10(9)15/h2-5,8H,6-7H2,1H3,(H2,18,19,20). The molecule has 2 N–H and O–H groups in total. The van der Waals surface area contributed by atoms with Crippen molar-refractivity contribution in [2.24, 2.45) is 0 Å². The van der Waals surface area contributed by atoms with Crippen molar-refractivity contribution >= 4 is 11.6 Å². The van der Waals surface area contributed by atoms with Gasteiger partial charge in [-0.3, -0.25) is 0 Å². The lowest BCUT2D eigenvalue weighted by Crippen LogP contribution is -2.10. The maximum Gasteiger partial charge on any atom is 0.168 e. The Morgan fingerprint density at radius 3 is 2.40 bits per heavy atom. The molecule has 2 aromatic rings. The Labute approximate surface area is 114 Å². The molecular weight excluding hydrogens is 267 g/mol. The predicted octanol–water partition coefficient (Wildman–Crippen LogP) is 3.20. The van der Waals surface area contributed by atoms with Crippen LogP contribution in [0.1, 0.15) is 5.56 Å². The maximum absolute atomic E-state index is 13.5. The van der Waals surface area contributed by atoms with E-state index in [2.05, 4.69) is 15.6 Å². The van der Waals surface area contributed by atoms with E-state index in [1.807, 2.05) is 0 Å². The molecule has 20 heavy (non-hydrogen) atoms. The lowest BCUT2D eigenvalue weighted by molar-refractivity contribution is 0.578. The van der Waals surface area contributed by atoms with Gasteiger partial charge in [0.25, 0.3) is 0 Å². The quantitative estimate of drug-likeness (QED) is 0.883. The van der Waals surface area contributed by atoms with Gasteiger partial charge in [-0.05, 0) is 18.1 Å². The Balaban J connectivity index is 2.03. The molecule has 0 aliphatic heterocycles. The van der Waals surface area contributed by atoms with Crippen LogP contribution in [0.3, 0.4) is 0 Å². The second-order valence-corrected chi connectivity index (χ2v) is 4.17. The van der Waals surface area contributed by atoms with Gasteiger partial charge in [0.2, 0.25) is 0 Å². The Kier molecular flexibility index (Phi) is 4.45. The molecule has 0 amide bonds. The molecule has 0 spiro atoms. The zero-order valence-corrected chi connectivity index (χ0v) is 10.9. The number of hydrogen-bond acceptors (Lipinski definition) is 3. The first-order valence-corrected chi connectivity index (χ1v) is 6.13. The fourth-order valence-electron chi connectivity index (χ4n) is 1.78. The van der Waals surface area contributed by atoms with Crippen molar-refractivity contribution in [3.8, 4) is 0 Å². The van der Waals surface area contributed by atoms with Crippen LogP contribution in [0.15, 0.2) is 30.3 Å². The summed E-state index contributed by atoms with van der Waals surface area (Å²) in [6.07, 6.45) is 0.375. The first-order valence-electron chi connectivity index (χ1n) is 6.13. The number of benzene rings is 1. The van der Waals surface area contributed by atoms with Crippen LogP contribution in [0, 0.1) is 17.5 Å². The van der Waals surface area contributed by atoms with Crippen molar-refractivity contribution in [2.45, 2.75) is 6.42 Å². The summed E-state index contributed by atoms with van der Waals surface area (Å²) in [5, 5.41) is 5.26. The molecule has 106 valence electrons. The largest absolute Gasteiger partial charge is 0.371 e. The summed E-state index contributed by atoms with van der Waals surface area (Å²) in [6.45, 7) is 0.291. The van der Waals surface area contributed by atoms with Crippen molar-refractivity contribution in [1.29, 1.82) is 0 Å². The smallest absolute Gasteiger partial charge is 0.168 e. The normalized spacial score (nSPS) is 10.4. The minimum atomic E-state index is -0.782. The number of hydrogen-bond donors (Lipinski definition) is 2. The number of anilines is 2. The Morgan fingerprint density at radius 1 is 1.00 bits per heavy atom. The van der Waals surface area contributed by atoms with E-state index in [1.165, 1.54) is 13.1 Å². The van der Waals surface area contributed by atoms with Gasteiger partial charge in [0.15, 0.2) is 23.3 Å². The molecule has 1 aromatic heterocycles. The molecule has 0 unspecified atom stereocenters. The van der Waals surface area contributed by atoms with Crippen LogP contribution < -0.4 is 10.6 Å². The zero-order valence-electron chi connectivity index (χ0n) is 10.9. The van der Waals surface area contributed by atoms with E-state index >= 15 is 0 Å². The second-order valence-electron chi connectivity index (χ2n) is 4.17. The summed E-state index contributed by atoms with van der Waals surface area (Å²) in [7, 11) is 1.49. The molecular formula is C14H14F3N3. The molecule has 1 heterocycles. The monoisotopic (exact) mass is 281 g/mol. The maximum atomic E-state index is 13.5. The number of rotatable bonds is 5. The highest BCUT2D eigenvalue weighted by Gasteiger charge is 2.10. The molecule has 0 radical (unpaired) electrons. The number of nitrogens with one attached hydrogen (secondary N) is 2. The summed E-state index contributed by atoms with van der Waals surface area (Å²) >= 11 is 0. The van der Waals surface area contributed by atoms with Crippen molar-refractivity contribution in [1.82, 2.24) is 4.98 Å². The van der Waals surface area contributed by atoms with Crippen LogP contribution in [0.4, 0.5) is 24.8 Å². The van der Waals surface area contributed by atoms with Crippen LogP contribution in [0.25, 0.3) is 0 Å². The highest BCUT2D eigenvalue weighted by Crippen LogP contribution is 2.18. The summed E-state index contributed by atoms with van der Waals surface area (Å²) in [4.78, 5) is 3.78. The van der Waals surface area contributed by atoms with Crippen LogP contribution in [0.2, 0.25) is 0 Å². The van der Waals surface area contributed by atoms with Crippen molar-refractivity contribution in [3.05, 3.63) is 53.3 Å². The molecule has 0 atom stereocenters. The third-order valence-corrected chi connectivity index (χ3v) is 2.81. The third-order valence-electron chi connectivity index (χ3n) is 2.81. The van der Waals surface area contributed by atoms with Gasteiger partial charge in [-0.25, -0.2) is 18.2 Å². The summed E-state index contributed by atoms with van der Waals surface area (Å²) < 4.78 is 40.1. The van der Waals surface area contributed by atoms with E-state index in [0.717, 1.165) is 6.07 Å². The molecule has 0 fully saturated rings. The van der Waals surface area contributed by atoms with E-state index in [-0.39, 0.29) is 17.5 Å². The van der Waals surface area contributed by atoms with Crippen molar-refractivity contribution in [3.63, 3.8) is 0 Å². The summed E-state index contributed by atoms with van der Waals surface area (Å²) in [5.41, 5.74) is 0.524. The van der Waals surface area contributed by atoms with Gasteiger partial charge < -0.3 is 10.6 Å². The predicted molar refractivity (Wildman–Crippen MR) is 72.3 cm³/mol. The van der Waals surface area contributed by atoms with Gasteiger partial charge in [-0.2, -0.15) is 0 Å². The van der Waals surface area contributed by atoms with Gasteiger partial charge in [0.05, 0.1) is 0 Å². The lowest BCUT2D eigenvalue weighted by Gasteiger charge is -2.09. The van der Waals surface area contributed by atoms with Crippen molar-refractivity contribution in [2.75, 3.05) is 24.2 Å². The van der Waals surface area contributed by atoms with Gasteiger partial charge in [0, 0.05) is 19.7 Å². The van der Waals surface area contributed by atoms with Crippen LogP contribution >= 0.6 is 0 Å². The lowest BCUT2D eigenvalue weighted by atomic mass is 10.1. The van der Waals surface area contributed by atoms with Crippen LogP contribution in [-0.2, 0) is 6.42 Å². The van der Waals surface area contributed by atoms with Crippen LogP contribution in [0.5, 0.6) is 0 Å². The second kappa shape index (κ2) is 6.27. The van der Waals surface area contributed by atoms with Gasteiger partial charge in [-0.1, -0.05) is 18.2 Å². The van der Waals surface area contributed by atoms with E-state index in [1.54, 1.807) is 18.2 Å². The minimum Gasteiger partial charge on any atom is -0.371 e. The number of nitrogens with zero attached hydrogens (tertiary/aromatic N) is 1. The highest BCUT2D eigenvalue weighted by atomic mass is 19.1. The van der Waals surface area contributed by atoms with Gasteiger partial charge in [0.1, 0.15) is 5.82 Å². The molecule has 1 aromatic carbocycles. The molecule has 3 nitrogen and oxygen atoms in total. The van der Waals surface area contributed by atoms with E-state index in [9.17, 15) is 13.2 Å². The van der Waals surface area contributed by atoms with E-state index in [0.29, 0.717) is 18.5 Å². The Morgan fingerprint density at radius 2 is 1.70 bits per heavy atom. The summed E-state index contributed by atoms with van der Waals surface area (Å²) in [6, 6.07) is 7.11. The summed E-state index contributed by atoms with van der Waals surface area (Å²) in [5.74, 6) is -1.95. The van der Waals surface area contributed by atoms with Crippen molar-refractivity contribution < 1.29 is 13.2 Å². The van der Waals surface area contributed by atoms with Gasteiger partial charge in [-0.15, -0.1) is 0 Å². The van der Waals surface area contributed by atoms with Gasteiger partial charge >= 0.3 is 0 Å². The topological polar surface area (TPSA) is 37.0 Å². The molecule has 0 bridgehead atoms.